The molecule has 3 rings (SSSR count). The van der Waals surface area contributed by atoms with Gasteiger partial charge in [-0.25, -0.2) is 0 Å². The highest BCUT2D eigenvalue weighted by Gasteiger charge is 2.19. The Morgan fingerprint density at radius 3 is 2.73 bits per heavy atom. The summed E-state index contributed by atoms with van der Waals surface area (Å²) in [7, 11) is 3.81. The van der Waals surface area contributed by atoms with Crippen LogP contribution in [0, 0.1) is 6.92 Å². The van der Waals surface area contributed by atoms with Crippen molar-refractivity contribution in [3.8, 4) is 5.75 Å². The summed E-state index contributed by atoms with van der Waals surface area (Å²) in [6.45, 7) is 9.17. The van der Waals surface area contributed by atoms with Crippen molar-refractivity contribution in [1.29, 1.82) is 0 Å². The average Bonchev–Trinajstić information content (AvgIpc) is 3.36. The van der Waals surface area contributed by atoms with Gasteiger partial charge in [-0.1, -0.05) is 26.0 Å². The third kappa shape index (κ3) is 5.33. The van der Waals surface area contributed by atoms with Crippen LogP contribution in [0.1, 0.15) is 48.3 Å². The molecule has 2 N–H and O–H groups in total. The second kappa shape index (κ2) is 10.5. The van der Waals surface area contributed by atoms with Gasteiger partial charge >= 0.3 is 0 Å². The van der Waals surface area contributed by atoms with Crippen molar-refractivity contribution in [2.24, 2.45) is 12.0 Å². The highest BCUT2D eigenvalue weighted by atomic mass is 16.5. The lowest BCUT2D eigenvalue weighted by molar-refractivity contribution is 0.140. The fraction of sp³-hybridized carbons (Fsp3) is 0.565. The summed E-state index contributed by atoms with van der Waals surface area (Å²) in [5.74, 6) is 1.68. The predicted octanol–water partition coefficient (Wildman–Crippen LogP) is 2.89. The molecule has 0 radical (unpaired) electrons. The van der Waals surface area contributed by atoms with E-state index in [2.05, 4.69) is 59.7 Å². The molecule has 1 aromatic heterocycles. The number of aromatic nitrogens is 2. The lowest BCUT2D eigenvalue weighted by atomic mass is 10.1. The number of hydrogen-bond acceptors (Lipinski definition) is 4. The molecule has 1 atom stereocenters. The first-order valence-corrected chi connectivity index (χ1v) is 10.9. The molecule has 1 saturated heterocycles. The Balaban J connectivity index is 1.64. The maximum Gasteiger partial charge on any atom is 0.191 e. The van der Waals surface area contributed by atoms with E-state index < -0.39 is 0 Å². The molecule has 2 heterocycles. The minimum atomic E-state index is 0.133. The van der Waals surface area contributed by atoms with E-state index >= 15 is 0 Å². The van der Waals surface area contributed by atoms with Crippen molar-refractivity contribution in [1.82, 2.24) is 20.4 Å². The first kappa shape index (κ1) is 22.2. The van der Waals surface area contributed by atoms with E-state index in [1.807, 2.05) is 11.7 Å². The molecule has 0 saturated carbocycles. The number of rotatable bonds is 8. The summed E-state index contributed by atoms with van der Waals surface area (Å²) in [6.07, 6.45) is 2.95. The maximum absolute atomic E-state index is 6.21. The monoisotopic (exact) mass is 413 g/mol. The Morgan fingerprint density at radius 1 is 1.27 bits per heavy atom. The van der Waals surface area contributed by atoms with Crippen LogP contribution in [0.2, 0.25) is 0 Å². The normalized spacial score (nSPS) is 16.7. The summed E-state index contributed by atoms with van der Waals surface area (Å²) in [5.41, 5.74) is 5.98. The summed E-state index contributed by atoms with van der Waals surface area (Å²) in [5, 5.41) is 11.5. The lowest BCUT2D eigenvalue weighted by Crippen LogP contribution is -2.36. The van der Waals surface area contributed by atoms with Crippen molar-refractivity contribution < 1.29 is 9.47 Å². The van der Waals surface area contributed by atoms with Gasteiger partial charge in [-0.3, -0.25) is 9.67 Å². The topological polar surface area (TPSA) is 72.7 Å². The first-order chi connectivity index (χ1) is 14.5. The van der Waals surface area contributed by atoms with Gasteiger partial charge < -0.3 is 20.1 Å². The zero-order valence-electron chi connectivity index (χ0n) is 18.9. The summed E-state index contributed by atoms with van der Waals surface area (Å²) < 4.78 is 13.7. The second-order valence-corrected chi connectivity index (χ2v) is 7.70. The fourth-order valence-electron chi connectivity index (χ4n) is 3.87. The van der Waals surface area contributed by atoms with Crippen LogP contribution in [-0.4, -0.2) is 42.1 Å². The number of aliphatic imine (C=N–C) groups is 1. The molecule has 0 bridgehead atoms. The second-order valence-electron chi connectivity index (χ2n) is 7.70. The number of nitrogens with zero attached hydrogens (tertiary/aromatic N) is 3. The third-order valence-electron chi connectivity index (χ3n) is 5.53. The van der Waals surface area contributed by atoms with Crippen LogP contribution in [0.3, 0.4) is 0 Å². The molecule has 1 unspecified atom stereocenters. The molecule has 0 amide bonds. The Labute approximate surface area is 179 Å². The van der Waals surface area contributed by atoms with Gasteiger partial charge in [0.2, 0.25) is 0 Å². The molecule has 30 heavy (non-hydrogen) atoms. The molecule has 1 fully saturated rings. The molecular formula is C23H35N5O2. The smallest absolute Gasteiger partial charge is 0.191 e. The molecule has 164 valence electrons. The number of benzene rings is 1. The number of ether oxygens (including phenoxy) is 2. The van der Waals surface area contributed by atoms with Crippen LogP contribution in [0.25, 0.3) is 0 Å². The third-order valence-corrected chi connectivity index (χ3v) is 5.53. The van der Waals surface area contributed by atoms with Gasteiger partial charge in [0.05, 0.1) is 18.9 Å². The standard InChI is InChI=1S/C23H35N5O2/c1-6-20-19(21(7-2)28(5)27-20)14-26-23(24-4)25-13-17-9-8-16(3)12-22(17)30-18-10-11-29-15-18/h8-9,12,18H,6-7,10-11,13-15H2,1-5H3,(H2,24,25,26). The highest BCUT2D eigenvalue weighted by molar-refractivity contribution is 5.79. The van der Waals surface area contributed by atoms with Crippen molar-refractivity contribution in [2.45, 2.75) is 59.2 Å². The molecule has 7 nitrogen and oxygen atoms in total. The first-order valence-electron chi connectivity index (χ1n) is 10.9. The summed E-state index contributed by atoms with van der Waals surface area (Å²) in [4.78, 5) is 4.39. The van der Waals surface area contributed by atoms with E-state index in [0.717, 1.165) is 48.8 Å². The van der Waals surface area contributed by atoms with Crippen LogP contribution in [0.4, 0.5) is 0 Å². The molecule has 1 aliphatic heterocycles. The van der Waals surface area contributed by atoms with E-state index in [9.17, 15) is 0 Å². The molecule has 0 spiro atoms. The van der Waals surface area contributed by atoms with Gasteiger partial charge in [0.15, 0.2) is 5.96 Å². The van der Waals surface area contributed by atoms with Gasteiger partial charge in [-0.2, -0.15) is 5.10 Å². The van der Waals surface area contributed by atoms with Crippen molar-refractivity contribution in [2.75, 3.05) is 20.3 Å². The zero-order valence-corrected chi connectivity index (χ0v) is 18.9. The Kier molecular flexibility index (Phi) is 7.74. The van der Waals surface area contributed by atoms with Gasteiger partial charge in [0.1, 0.15) is 11.9 Å². The molecule has 1 aromatic carbocycles. The molecular weight excluding hydrogens is 378 g/mol. The summed E-state index contributed by atoms with van der Waals surface area (Å²) in [6, 6.07) is 6.33. The van der Waals surface area contributed by atoms with E-state index in [1.54, 1.807) is 7.05 Å². The number of aryl methyl sites for hydroxylation is 3. The number of nitrogens with one attached hydrogen (secondary N) is 2. The van der Waals surface area contributed by atoms with E-state index in [-0.39, 0.29) is 6.10 Å². The van der Waals surface area contributed by atoms with Gasteiger partial charge in [-0.15, -0.1) is 0 Å². The van der Waals surface area contributed by atoms with Gasteiger partial charge in [-0.05, 0) is 31.4 Å². The van der Waals surface area contributed by atoms with Crippen molar-refractivity contribution in [3.05, 3.63) is 46.3 Å². The largest absolute Gasteiger partial charge is 0.488 e. The van der Waals surface area contributed by atoms with Crippen LogP contribution < -0.4 is 15.4 Å². The molecule has 2 aromatic rings. The Bertz CT molecular complexity index is 869. The fourth-order valence-corrected chi connectivity index (χ4v) is 3.87. The van der Waals surface area contributed by atoms with Crippen molar-refractivity contribution in [3.63, 3.8) is 0 Å². The molecule has 1 aliphatic rings. The Hall–Kier alpha value is -2.54. The number of guanidine groups is 1. The average molecular weight is 414 g/mol. The van der Waals surface area contributed by atoms with Crippen LogP contribution in [-0.2, 0) is 37.7 Å². The van der Waals surface area contributed by atoms with Crippen molar-refractivity contribution >= 4 is 5.96 Å². The molecule has 7 heteroatoms. The lowest BCUT2D eigenvalue weighted by Gasteiger charge is -2.18. The summed E-state index contributed by atoms with van der Waals surface area (Å²) >= 11 is 0. The molecule has 0 aliphatic carbocycles. The predicted molar refractivity (Wildman–Crippen MR) is 120 cm³/mol. The maximum atomic E-state index is 6.21. The highest BCUT2D eigenvalue weighted by Crippen LogP contribution is 2.24. The SMILES string of the molecule is CCc1nn(C)c(CC)c1CNC(=NC)NCc1ccc(C)cc1OC1CCOC1. The van der Waals surface area contributed by atoms with Crippen LogP contribution in [0.5, 0.6) is 5.75 Å². The quantitative estimate of drug-likeness (QED) is 0.514. The van der Waals surface area contributed by atoms with E-state index in [4.69, 9.17) is 9.47 Å². The number of hydrogen-bond donors (Lipinski definition) is 2. The van der Waals surface area contributed by atoms with Gasteiger partial charge in [0, 0.05) is 50.4 Å². The minimum Gasteiger partial charge on any atom is -0.488 e. The zero-order chi connectivity index (χ0) is 21.5. The Morgan fingerprint density at radius 2 is 2.07 bits per heavy atom. The minimum absolute atomic E-state index is 0.133. The van der Waals surface area contributed by atoms with Crippen LogP contribution >= 0.6 is 0 Å². The van der Waals surface area contributed by atoms with E-state index in [0.29, 0.717) is 19.7 Å². The van der Waals surface area contributed by atoms with E-state index in [1.165, 1.54) is 16.8 Å². The van der Waals surface area contributed by atoms with Gasteiger partial charge in [0.25, 0.3) is 0 Å². The van der Waals surface area contributed by atoms with Crippen LogP contribution in [0.15, 0.2) is 23.2 Å².